The number of aryl methyl sites for hydroxylation is 2. The van der Waals surface area contributed by atoms with Crippen LogP contribution in [0.2, 0.25) is 0 Å². The average Bonchev–Trinajstić information content (AvgIpc) is 2.92. The molecule has 224 valence electrons. The number of nitrogens with one attached hydrogen (secondary N) is 2. The highest BCUT2D eigenvalue weighted by Gasteiger charge is 2.38. The Balaban J connectivity index is 2.07. The summed E-state index contributed by atoms with van der Waals surface area (Å²) in [6.07, 6.45) is -0.478. The topological polar surface area (TPSA) is 97.0 Å². The van der Waals surface area contributed by atoms with Gasteiger partial charge in [-0.05, 0) is 89.4 Å². The molecular formula is C34H43N3O5. The van der Waals surface area contributed by atoms with Gasteiger partial charge < -0.3 is 25.0 Å². The van der Waals surface area contributed by atoms with Crippen molar-refractivity contribution < 1.29 is 23.9 Å². The van der Waals surface area contributed by atoms with Crippen LogP contribution < -0.4 is 15.4 Å². The van der Waals surface area contributed by atoms with Crippen LogP contribution in [0.1, 0.15) is 62.9 Å². The summed E-state index contributed by atoms with van der Waals surface area (Å²) in [5.74, 6) is -0.0998. The molecule has 0 fully saturated rings. The van der Waals surface area contributed by atoms with E-state index in [0.29, 0.717) is 17.0 Å². The Morgan fingerprint density at radius 2 is 1.55 bits per heavy atom. The van der Waals surface area contributed by atoms with E-state index in [1.165, 1.54) is 0 Å². The van der Waals surface area contributed by atoms with Gasteiger partial charge in [0.15, 0.2) is 0 Å². The number of alkyl carbamates (subject to hydrolysis) is 1. The standard InChI is InChI=1S/C34H43N3O5/c1-22(2)37(32(39)29(21-25-12-10-9-11-13-25)36-33(40)42-34(5,6)7)30(28-20-23(3)14-15-24(28)4)31(38)35-26-16-18-27(41-8)19-17-26/h9-20,22,29-30H,21H2,1-8H3,(H,35,38)(H,36,40). The van der Waals surface area contributed by atoms with E-state index in [1.54, 1.807) is 57.0 Å². The molecule has 0 bridgehead atoms. The minimum absolute atomic E-state index is 0.224. The van der Waals surface area contributed by atoms with E-state index in [4.69, 9.17) is 9.47 Å². The number of amides is 3. The molecule has 0 saturated carbocycles. The molecule has 0 aliphatic rings. The first kappa shape index (κ1) is 32.2. The van der Waals surface area contributed by atoms with Crippen molar-refractivity contribution in [2.24, 2.45) is 0 Å². The summed E-state index contributed by atoms with van der Waals surface area (Å²) in [4.78, 5) is 43.1. The second-order valence-corrected chi connectivity index (χ2v) is 11.7. The van der Waals surface area contributed by atoms with Gasteiger partial charge in [-0.15, -0.1) is 0 Å². The van der Waals surface area contributed by atoms with E-state index in [2.05, 4.69) is 10.6 Å². The Kier molecular flexibility index (Phi) is 10.8. The first-order valence-electron chi connectivity index (χ1n) is 14.2. The summed E-state index contributed by atoms with van der Waals surface area (Å²) in [6.45, 7) is 12.9. The van der Waals surface area contributed by atoms with Gasteiger partial charge in [0.1, 0.15) is 23.4 Å². The Morgan fingerprint density at radius 1 is 0.905 bits per heavy atom. The zero-order valence-electron chi connectivity index (χ0n) is 25.9. The second kappa shape index (κ2) is 14.0. The van der Waals surface area contributed by atoms with Gasteiger partial charge in [-0.25, -0.2) is 4.79 Å². The van der Waals surface area contributed by atoms with Crippen molar-refractivity contribution in [1.29, 1.82) is 0 Å². The lowest BCUT2D eigenvalue weighted by atomic mass is 9.94. The number of benzene rings is 3. The molecule has 3 rings (SSSR count). The van der Waals surface area contributed by atoms with Crippen LogP contribution in [0.15, 0.2) is 72.8 Å². The Labute approximate surface area is 249 Å². The molecule has 3 aromatic carbocycles. The zero-order valence-corrected chi connectivity index (χ0v) is 25.9. The molecular weight excluding hydrogens is 530 g/mol. The molecule has 2 N–H and O–H groups in total. The van der Waals surface area contributed by atoms with Crippen molar-refractivity contribution in [1.82, 2.24) is 10.2 Å². The summed E-state index contributed by atoms with van der Waals surface area (Å²) in [5, 5.41) is 5.78. The molecule has 2 unspecified atom stereocenters. The lowest BCUT2D eigenvalue weighted by Gasteiger charge is -2.38. The summed E-state index contributed by atoms with van der Waals surface area (Å²) in [5.41, 5.74) is 3.22. The first-order chi connectivity index (χ1) is 19.8. The Bertz CT molecular complexity index is 1360. The molecule has 0 spiro atoms. The number of nitrogens with zero attached hydrogens (tertiary/aromatic N) is 1. The van der Waals surface area contributed by atoms with Gasteiger partial charge in [-0.2, -0.15) is 0 Å². The molecule has 0 aliphatic heterocycles. The molecule has 42 heavy (non-hydrogen) atoms. The Hall–Kier alpha value is -4.33. The van der Waals surface area contributed by atoms with Crippen LogP contribution in [-0.2, 0) is 20.7 Å². The number of methoxy groups -OCH3 is 1. The quantitative estimate of drug-likeness (QED) is 0.294. The second-order valence-electron chi connectivity index (χ2n) is 11.7. The highest BCUT2D eigenvalue weighted by atomic mass is 16.6. The van der Waals surface area contributed by atoms with Crippen LogP contribution in [0, 0.1) is 13.8 Å². The molecule has 3 aromatic rings. The van der Waals surface area contributed by atoms with Gasteiger partial charge in [0, 0.05) is 18.2 Å². The number of ether oxygens (including phenoxy) is 2. The maximum Gasteiger partial charge on any atom is 0.408 e. The highest BCUT2D eigenvalue weighted by molar-refractivity contribution is 5.99. The maximum absolute atomic E-state index is 14.5. The Morgan fingerprint density at radius 3 is 2.12 bits per heavy atom. The van der Waals surface area contributed by atoms with Crippen molar-refractivity contribution in [2.75, 3.05) is 12.4 Å². The van der Waals surface area contributed by atoms with Crippen LogP contribution >= 0.6 is 0 Å². The van der Waals surface area contributed by atoms with Gasteiger partial charge in [0.25, 0.3) is 5.91 Å². The minimum atomic E-state index is -0.981. The van der Waals surface area contributed by atoms with E-state index in [-0.39, 0.29) is 18.4 Å². The number of hydrogen-bond acceptors (Lipinski definition) is 5. The van der Waals surface area contributed by atoms with E-state index in [0.717, 1.165) is 16.7 Å². The van der Waals surface area contributed by atoms with Crippen LogP contribution in [0.3, 0.4) is 0 Å². The SMILES string of the molecule is COc1ccc(NC(=O)C(c2cc(C)ccc2C)N(C(=O)C(Cc2ccccc2)NC(=O)OC(C)(C)C)C(C)C)cc1. The fourth-order valence-corrected chi connectivity index (χ4v) is 4.72. The smallest absolute Gasteiger partial charge is 0.408 e. The minimum Gasteiger partial charge on any atom is -0.497 e. The third kappa shape index (κ3) is 8.83. The molecule has 0 aliphatic carbocycles. The van der Waals surface area contributed by atoms with Crippen molar-refractivity contribution in [3.63, 3.8) is 0 Å². The maximum atomic E-state index is 14.5. The average molecular weight is 574 g/mol. The van der Waals surface area contributed by atoms with Gasteiger partial charge in [0.2, 0.25) is 5.91 Å². The lowest BCUT2D eigenvalue weighted by molar-refractivity contribution is -0.142. The van der Waals surface area contributed by atoms with E-state index in [9.17, 15) is 14.4 Å². The summed E-state index contributed by atoms with van der Waals surface area (Å²) < 4.78 is 10.8. The first-order valence-corrected chi connectivity index (χ1v) is 14.2. The monoisotopic (exact) mass is 573 g/mol. The third-order valence-electron chi connectivity index (χ3n) is 6.70. The van der Waals surface area contributed by atoms with Crippen molar-refractivity contribution in [2.45, 2.75) is 78.6 Å². The van der Waals surface area contributed by atoms with E-state index >= 15 is 0 Å². The van der Waals surface area contributed by atoms with Crippen molar-refractivity contribution in [3.05, 3.63) is 95.1 Å². The van der Waals surface area contributed by atoms with Gasteiger partial charge in [0.05, 0.1) is 7.11 Å². The number of anilines is 1. The summed E-state index contributed by atoms with van der Waals surface area (Å²) in [6, 6.07) is 20.0. The fourth-order valence-electron chi connectivity index (χ4n) is 4.72. The predicted octanol–water partition coefficient (Wildman–Crippen LogP) is 6.36. The molecule has 3 amide bonds. The van der Waals surface area contributed by atoms with Gasteiger partial charge in [-0.3, -0.25) is 9.59 Å². The number of hydrogen-bond donors (Lipinski definition) is 2. The number of rotatable bonds is 10. The lowest BCUT2D eigenvalue weighted by Crippen LogP contribution is -2.55. The van der Waals surface area contributed by atoms with Crippen molar-refractivity contribution >= 4 is 23.6 Å². The fraction of sp³-hybridized carbons (Fsp3) is 0.382. The van der Waals surface area contributed by atoms with E-state index in [1.807, 2.05) is 76.2 Å². The summed E-state index contributed by atoms with van der Waals surface area (Å²) >= 11 is 0. The van der Waals surface area contributed by atoms with Crippen LogP contribution in [-0.4, -0.2) is 47.6 Å². The van der Waals surface area contributed by atoms with Crippen LogP contribution in [0.4, 0.5) is 10.5 Å². The highest BCUT2D eigenvalue weighted by Crippen LogP contribution is 2.30. The zero-order chi connectivity index (χ0) is 31.0. The summed E-state index contributed by atoms with van der Waals surface area (Å²) in [7, 11) is 1.58. The van der Waals surface area contributed by atoms with Gasteiger partial charge >= 0.3 is 6.09 Å². The molecule has 8 heteroatoms. The molecule has 8 nitrogen and oxygen atoms in total. The molecule has 0 radical (unpaired) electrons. The van der Waals surface area contributed by atoms with Crippen LogP contribution in [0.5, 0.6) is 5.75 Å². The third-order valence-corrected chi connectivity index (χ3v) is 6.70. The van der Waals surface area contributed by atoms with Crippen molar-refractivity contribution in [3.8, 4) is 5.75 Å². The number of carbonyl (C=O) groups excluding carboxylic acids is 3. The normalized spacial score (nSPS) is 12.7. The molecule has 2 atom stereocenters. The number of carbonyl (C=O) groups is 3. The molecule has 0 aromatic heterocycles. The predicted molar refractivity (Wildman–Crippen MR) is 166 cm³/mol. The molecule has 0 saturated heterocycles. The molecule has 0 heterocycles. The van der Waals surface area contributed by atoms with E-state index < -0.39 is 29.7 Å². The van der Waals surface area contributed by atoms with Crippen LogP contribution in [0.25, 0.3) is 0 Å². The largest absolute Gasteiger partial charge is 0.497 e. The van der Waals surface area contributed by atoms with Gasteiger partial charge in [-0.1, -0.05) is 54.1 Å².